The summed E-state index contributed by atoms with van der Waals surface area (Å²) in [6, 6.07) is 9.35. The van der Waals surface area contributed by atoms with Gasteiger partial charge in [-0.05, 0) is 58.7 Å². The van der Waals surface area contributed by atoms with Gasteiger partial charge in [-0.2, -0.15) is 0 Å². The number of benzene rings is 2. The molecule has 0 aliphatic rings. The molecular weight excluding hydrogens is 338 g/mol. The van der Waals surface area contributed by atoms with Crippen molar-refractivity contribution in [3.63, 3.8) is 0 Å². The number of halogens is 1. The van der Waals surface area contributed by atoms with Gasteiger partial charge in [0.1, 0.15) is 0 Å². The van der Waals surface area contributed by atoms with Crippen LogP contribution in [0.1, 0.15) is 15.9 Å². The zero-order chi connectivity index (χ0) is 15.6. The minimum atomic E-state index is -0.520. The Morgan fingerprint density at radius 2 is 2.00 bits per heavy atom. The van der Waals surface area contributed by atoms with E-state index in [-0.39, 0.29) is 11.6 Å². The number of hydrogen-bond donors (Lipinski definition) is 2. The molecule has 1 amide bonds. The van der Waals surface area contributed by atoms with Crippen molar-refractivity contribution in [1.29, 1.82) is 0 Å². The van der Waals surface area contributed by atoms with E-state index in [1.54, 1.807) is 31.2 Å². The van der Waals surface area contributed by atoms with Gasteiger partial charge in [0.25, 0.3) is 11.6 Å². The predicted octanol–water partition coefficient (Wildman–Crippen LogP) is 3.50. The number of amides is 1. The predicted molar refractivity (Wildman–Crippen MR) is 84.3 cm³/mol. The summed E-state index contributed by atoms with van der Waals surface area (Å²) in [6.07, 6.45) is 0. The van der Waals surface area contributed by atoms with Gasteiger partial charge in [0.15, 0.2) is 0 Å². The molecule has 0 radical (unpaired) electrons. The quantitative estimate of drug-likeness (QED) is 0.503. The highest BCUT2D eigenvalue weighted by atomic mass is 79.9. The number of nitro groups is 1. The highest BCUT2D eigenvalue weighted by Gasteiger charge is 2.15. The number of carbonyl (C=O) groups is 1. The van der Waals surface area contributed by atoms with Crippen molar-refractivity contribution in [2.45, 2.75) is 6.92 Å². The van der Waals surface area contributed by atoms with E-state index >= 15 is 0 Å². The average molecular weight is 350 g/mol. The number of hydrogen-bond acceptors (Lipinski definition) is 4. The molecule has 108 valence electrons. The molecule has 7 heteroatoms. The van der Waals surface area contributed by atoms with Gasteiger partial charge in [-0.3, -0.25) is 14.9 Å². The fourth-order valence-electron chi connectivity index (χ4n) is 1.87. The highest BCUT2D eigenvalue weighted by molar-refractivity contribution is 9.10. The van der Waals surface area contributed by atoms with E-state index < -0.39 is 4.92 Å². The Morgan fingerprint density at radius 3 is 2.62 bits per heavy atom. The van der Waals surface area contributed by atoms with Gasteiger partial charge in [-0.1, -0.05) is 0 Å². The van der Waals surface area contributed by atoms with Gasteiger partial charge in [-0.25, -0.2) is 0 Å². The molecule has 0 heterocycles. The summed E-state index contributed by atoms with van der Waals surface area (Å²) in [7, 11) is 0. The molecule has 0 spiro atoms. The lowest BCUT2D eigenvalue weighted by Gasteiger charge is -2.08. The molecule has 2 rings (SSSR count). The van der Waals surface area contributed by atoms with Crippen LogP contribution in [0, 0.1) is 17.0 Å². The fourth-order valence-corrected chi connectivity index (χ4v) is 2.26. The van der Waals surface area contributed by atoms with E-state index in [4.69, 9.17) is 5.73 Å². The number of carbonyl (C=O) groups excluding carboxylic acids is 1. The van der Waals surface area contributed by atoms with Crippen LogP contribution in [-0.2, 0) is 0 Å². The molecule has 2 aromatic carbocycles. The van der Waals surface area contributed by atoms with Crippen LogP contribution in [-0.4, -0.2) is 10.8 Å². The maximum absolute atomic E-state index is 12.2. The molecule has 6 nitrogen and oxygen atoms in total. The third-order valence-electron chi connectivity index (χ3n) is 2.90. The molecule has 0 aliphatic heterocycles. The monoisotopic (exact) mass is 349 g/mol. The largest absolute Gasteiger partial charge is 0.399 e. The average Bonchev–Trinajstić information content (AvgIpc) is 2.40. The van der Waals surface area contributed by atoms with Crippen molar-refractivity contribution in [2.24, 2.45) is 0 Å². The summed E-state index contributed by atoms with van der Waals surface area (Å²) in [5.41, 5.74) is 7.66. The number of anilines is 2. The molecule has 0 atom stereocenters. The molecule has 0 saturated heterocycles. The van der Waals surface area contributed by atoms with Crippen molar-refractivity contribution in [3.05, 3.63) is 62.1 Å². The molecule has 21 heavy (non-hydrogen) atoms. The number of rotatable bonds is 3. The number of nitrogen functional groups attached to an aromatic ring is 1. The minimum Gasteiger partial charge on any atom is -0.399 e. The number of nitro benzene ring substituents is 1. The standard InChI is InChI=1S/C14H12BrN3O3/c1-8-6-9(16)2-4-11(8)14(19)17-10-3-5-12(15)13(7-10)18(20)21/h2-7H,16H2,1H3,(H,17,19). The van der Waals surface area contributed by atoms with Crippen LogP contribution in [0.4, 0.5) is 17.1 Å². The number of nitrogens with zero attached hydrogens (tertiary/aromatic N) is 1. The van der Waals surface area contributed by atoms with Crippen LogP contribution < -0.4 is 11.1 Å². The van der Waals surface area contributed by atoms with E-state index in [1.165, 1.54) is 12.1 Å². The fraction of sp³-hybridized carbons (Fsp3) is 0.0714. The number of nitrogens with two attached hydrogens (primary N) is 1. The lowest BCUT2D eigenvalue weighted by Crippen LogP contribution is -2.13. The van der Waals surface area contributed by atoms with Crippen molar-refractivity contribution in [1.82, 2.24) is 0 Å². The molecule has 2 aromatic rings. The van der Waals surface area contributed by atoms with Crippen LogP contribution >= 0.6 is 15.9 Å². The van der Waals surface area contributed by atoms with E-state index in [0.717, 1.165) is 5.56 Å². The van der Waals surface area contributed by atoms with Gasteiger partial charge in [0, 0.05) is 23.0 Å². The molecule has 0 bridgehead atoms. The first-order valence-electron chi connectivity index (χ1n) is 6.00. The molecule has 3 N–H and O–H groups in total. The van der Waals surface area contributed by atoms with Gasteiger partial charge in [0.05, 0.1) is 9.40 Å². The Morgan fingerprint density at radius 1 is 1.29 bits per heavy atom. The minimum absolute atomic E-state index is 0.109. The first kappa shape index (κ1) is 15.0. The van der Waals surface area contributed by atoms with Crippen LogP contribution in [0.2, 0.25) is 0 Å². The normalized spacial score (nSPS) is 10.2. The second kappa shape index (κ2) is 5.92. The smallest absolute Gasteiger partial charge is 0.285 e. The Kier molecular flexibility index (Phi) is 4.23. The maximum Gasteiger partial charge on any atom is 0.285 e. The van der Waals surface area contributed by atoms with Gasteiger partial charge >= 0.3 is 0 Å². The first-order chi connectivity index (χ1) is 9.88. The highest BCUT2D eigenvalue weighted by Crippen LogP contribution is 2.28. The summed E-state index contributed by atoms with van der Waals surface area (Å²) in [5, 5.41) is 13.5. The lowest BCUT2D eigenvalue weighted by atomic mass is 10.1. The topological polar surface area (TPSA) is 98.3 Å². The number of aryl methyl sites for hydroxylation is 1. The molecule has 0 aliphatic carbocycles. The summed E-state index contributed by atoms with van der Waals surface area (Å²) in [6.45, 7) is 1.77. The summed E-state index contributed by atoms with van der Waals surface area (Å²) in [4.78, 5) is 22.5. The Labute approximate surface area is 129 Å². The molecular formula is C14H12BrN3O3. The number of nitrogens with one attached hydrogen (secondary N) is 1. The van der Waals surface area contributed by atoms with Crippen molar-refractivity contribution >= 4 is 38.9 Å². The molecule has 0 fully saturated rings. The summed E-state index contributed by atoms with van der Waals surface area (Å²) < 4.78 is 0.356. The first-order valence-corrected chi connectivity index (χ1v) is 6.79. The van der Waals surface area contributed by atoms with E-state index in [1.807, 2.05) is 0 Å². The second-order valence-electron chi connectivity index (χ2n) is 4.45. The molecule has 0 saturated carbocycles. The summed E-state index contributed by atoms with van der Waals surface area (Å²) >= 11 is 3.09. The van der Waals surface area contributed by atoms with Gasteiger partial charge in [-0.15, -0.1) is 0 Å². The Hall–Kier alpha value is -2.41. The van der Waals surface area contributed by atoms with Crippen molar-refractivity contribution in [3.8, 4) is 0 Å². The Balaban J connectivity index is 2.27. The van der Waals surface area contributed by atoms with Crippen LogP contribution in [0.5, 0.6) is 0 Å². The lowest BCUT2D eigenvalue weighted by molar-refractivity contribution is -0.385. The van der Waals surface area contributed by atoms with Crippen LogP contribution in [0.15, 0.2) is 40.9 Å². The zero-order valence-corrected chi connectivity index (χ0v) is 12.7. The molecule has 0 aromatic heterocycles. The van der Waals surface area contributed by atoms with Gasteiger partial charge in [0.2, 0.25) is 0 Å². The second-order valence-corrected chi connectivity index (χ2v) is 5.31. The molecule has 0 unspecified atom stereocenters. The van der Waals surface area contributed by atoms with Crippen molar-refractivity contribution in [2.75, 3.05) is 11.1 Å². The third-order valence-corrected chi connectivity index (χ3v) is 3.57. The van der Waals surface area contributed by atoms with Crippen LogP contribution in [0.3, 0.4) is 0 Å². The third kappa shape index (κ3) is 3.38. The maximum atomic E-state index is 12.2. The summed E-state index contributed by atoms with van der Waals surface area (Å²) in [5.74, 6) is -0.343. The van der Waals surface area contributed by atoms with Gasteiger partial charge < -0.3 is 11.1 Å². The van der Waals surface area contributed by atoms with E-state index in [2.05, 4.69) is 21.2 Å². The zero-order valence-electron chi connectivity index (χ0n) is 11.1. The van der Waals surface area contributed by atoms with E-state index in [0.29, 0.717) is 21.4 Å². The SMILES string of the molecule is Cc1cc(N)ccc1C(=O)Nc1ccc(Br)c([N+](=O)[O-])c1. The van der Waals surface area contributed by atoms with Crippen molar-refractivity contribution < 1.29 is 9.72 Å². The Bertz CT molecular complexity index is 731. The van der Waals surface area contributed by atoms with Crippen LogP contribution in [0.25, 0.3) is 0 Å². The van der Waals surface area contributed by atoms with E-state index in [9.17, 15) is 14.9 Å².